The summed E-state index contributed by atoms with van der Waals surface area (Å²) in [5.41, 5.74) is 1.58. The summed E-state index contributed by atoms with van der Waals surface area (Å²) < 4.78 is 35.6. The van der Waals surface area contributed by atoms with Gasteiger partial charge in [0.2, 0.25) is 0 Å². The van der Waals surface area contributed by atoms with Crippen molar-refractivity contribution in [3.8, 4) is 0 Å². The quantitative estimate of drug-likeness (QED) is 0.800. The van der Waals surface area contributed by atoms with E-state index in [0.717, 1.165) is 25.7 Å². The molecular formula is C9H16F3NS. The number of hydrogen-bond acceptors (Lipinski definition) is 2. The van der Waals surface area contributed by atoms with Gasteiger partial charge < -0.3 is 5.73 Å². The van der Waals surface area contributed by atoms with Crippen LogP contribution in [0.4, 0.5) is 13.2 Å². The lowest BCUT2D eigenvalue weighted by molar-refractivity contribution is -0.0328. The van der Waals surface area contributed by atoms with Crippen molar-refractivity contribution in [2.75, 3.05) is 5.75 Å². The maximum absolute atomic E-state index is 11.9. The monoisotopic (exact) mass is 227 g/mol. The molecule has 2 N–H and O–H groups in total. The topological polar surface area (TPSA) is 26.0 Å². The Balaban J connectivity index is 2.22. The summed E-state index contributed by atoms with van der Waals surface area (Å²) in [4.78, 5) is 0. The van der Waals surface area contributed by atoms with Gasteiger partial charge in [0.05, 0.1) is 0 Å². The van der Waals surface area contributed by atoms with Crippen molar-refractivity contribution in [2.45, 2.75) is 49.6 Å². The summed E-state index contributed by atoms with van der Waals surface area (Å²) in [6.45, 7) is 0. The molecule has 1 fully saturated rings. The minimum Gasteiger partial charge on any atom is -0.325 e. The molecule has 0 spiro atoms. The molecule has 1 aliphatic rings. The molecule has 0 saturated heterocycles. The molecule has 0 atom stereocenters. The lowest BCUT2D eigenvalue weighted by Crippen LogP contribution is -2.42. The summed E-state index contributed by atoms with van der Waals surface area (Å²) in [5, 5.41) is 0. The van der Waals surface area contributed by atoms with Crippen LogP contribution in [0.15, 0.2) is 0 Å². The van der Waals surface area contributed by atoms with E-state index in [0.29, 0.717) is 6.42 Å². The maximum Gasteiger partial charge on any atom is 0.441 e. The van der Waals surface area contributed by atoms with E-state index in [4.69, 9.17) is 5.73 Å². The predicted molar refractivity (Wildman–Crippen MR) is 53.1 cm³/mol. The van der Waals surface area contributed by atoms with Crippen molar-refractivity contribution in [1.82, 2.24) is 0 Å². The van der Waals surface area contributed by atoms with Crippen LogP contribution in [0.2, 0.25) is 0 Å². The maximum atomic E-state index is 11.9. The lowest BCUT2D eigenvalue weighted by Gasteiger charge is -2.33. The molecule has 0 radical (unpaired) electrons. The SMILES string of the molecule is NC1(CCSC(F)(F)F)CCCCC1. The Morgan fingerprint density at radius 3 is 2.21 bits per heavy atom. The van der Waals surface area contributed by atoms with E-state index >= 15 is 0 Å². The first-order chi connectivity index (χ1) is 6.41. The van der Waals surface area contributed by atoms with E-state index in [1.807, 2.05) is 0 Å². The van der Waals surface area contributed by atoms with E-state index in [1.54, 1.807) is 0 Å². The zero-order valence-electron chi connectivity index (χ0n) is 8.07. The second kappa shape index (κ2) is 4.75. The minimum absolute atomic E-state index is 0.0458. The average Bonchev–Trinajstić information content (AvgIpc) is 2.02. The fourth-order valence-electron chi connectivity index (χ4n) is 1.88. The van der Waals surface area contributed by atoms with Gasteiger partial charge in [0.1, 0.15) is 0 Å². The smallest absolute Gasteiger partial charge is 0.325 e. The molecule has 0 aromatic carbocycles. The van der Waals surface area contributed by atoms with Crippen molar-refractivity contribution >= 4 is 11.8 Å². The first kappa shape index (κ1) is 12.2. The van der Waals surface area contributed by atoms with Crippen LogP contribution in [0.3, 0.4) is 0 Å². The highest BCUT2D eigenvalue weighted by Crippen LogP contribution is 2.34. The van der Waals surface area contributed by atoms with Crippen LogP contribution in [0.25, 0.3) is 0 Å². The molecule has 14 heavy (non-hydrogen) atoms. The molecule has 1 saturated carbocycles. The standard InChI is InChI=1S/C9H16F3NS/c10-9(11,12)14-7-6-8(13)4-2-1-3-5-8/h1-7,13H2. The summed E-state index contributed by atoms with van der Waals surface area (Å²) in [5.74, 6) is 0.0972. The largest absolute Gasteiger partial charge is 0.441 e. The zero-order chi connectivity index (χ0) is 10.7. The molecule has 5 heteroatoms. The van der Waals surface area contributed by atoms with Gasteiger partial charge in [-0.15, -0.1) is 0 Å². The molecule has 0 aromatic heterocycles. The third-order valence-corrected chi connectivity index (χ3v) is 3.45. The van der Waals surface area contributed by atoms with E-state index in [1.165, 1.54) is 6.42 Å². The van der Waals surface area contributed by atoms with Crippen LogP contribution < -0.4 is 5.73 Å². The van der Waals surface area contributed by atoms with Gasteiger partial charge in [0.15, 0.2) is 0 Å². The van der Waals surface area contributed by atoms with Crippen LogP contribution in [0.1, 0.15) is 38.5 Å². The van der Waals surface area contributed by atoms with Crippen molar-refractivity contribution < 1.29 is 13.2 Å². The Kier molecular flexibility index (Phi) is 4.13. The first-order valence-electron chi connectivity index (χ1n) is 4.91. The predicted octanol–water partition coefficient (Wildman–Crippen LogP) is 3.29. The second-order valence-corrected chi connectivity index (χ2v) is 5.13. The summed E-state index contributed by atoms with van der Waals surface area (Å²) in [6.07, 6.45) is 5.54. The molecule has 0 heterocycles. The summed E-state index contributed by atoms with van der Waals surface area (Å²) in [7, 11) is 0. The Labute approximate surface area is 86.6 Å². The van der Waals surface area contributed by atoms with Gasteiger partial charge >= 0.3 is 5.51 Å². The van der Waals surface area contributed by atoms with Gasteiger partial charge in [0, 0.05) is 11.3 Å². The van der Waals surface area contributed by atoms with Crippen molar-refractivity contribution in [3.05, 3.63) is 0 Å². The van der Waals surface area contributed by atoms with Crippen LogP contribution in [0, 0.1) is 0 Å². The molecule has 0 aliphatic heterocycles. The Bertz CT molecular complexity index is 175. The number of nitrogens with two attached hydrogens (primary N) is 1. The van der Waals surface area contributed by atoms with Gasteiger partial charge in [0.25, 0.3) is 0 Å². The van der Waals surface area contributed by atoms with E-state index in [9.17, 15) is 13.2 Å². The molecule has 1 rings (SSSR count). The highest BCUT2D eigenvalue weighted by molar-refractivity contribution is 8.00. The van der Waals surface area contributed by atoms with Crippen LogP contribution in [-0.2, 0) is 0 Å². The van der Waals surface area contributed by atoms with Crippen molar-refractivity contribution in [2.24, 2.45) is 5.73 Å². The Morgan fingerprint density at radius 2 is 1.71 bits per heavy atom. The number of rotatable bonds is 3. The molecule has 1 nitrogen and oxygen atoms in total. The number of thioether (sulfide) groups is 1. The number of alkyl halides is 3. The second-order valence-electron chi connectivity index (χ2n) is 3.97. The lowest BCUT2D eigenvalue weighted by atomic mass is 9.81. The van der Waals surface area contributed by atoms with Crippen LogP contribution in [0.5, 0.6) is 0 Å². The number of halogens is 3. The van der Waals surface area contributed by atoms with E-state index in [2.05, 4.69) is 0 Å². The molecule has 1 aliphatic carbocycles. The average molecular weight is 227 g/mol. The van der Waals surface area contributed by atoms with E-state index < -0.39 is 5.51 Å². The molecule has 0 amide bonds. The summed E-state index contributed by atoms with van der Waals surface area (Å²) in [6, 6.07) is 0. The molecule has 0 unspecified atom stereocenters. The number of hydrogen-bond donors (Lipinski definition) is 1. The van der Waals surface area contributed by atoms with Gasteiger partial charge in [-0.1, -0.05) is 31.0 Å². The highest BCUT2D eigenvalue weighted by Gasteiger charge is 2.31. The zero-order valence-corrected chi connectivity index (χ0v) is 8.89. The Hall–Kier alpha value is 0.100. The molecular weight excluding hydrogens is 211 g/mol. The highest BCUT2D eigenvalue weighted by atomic mass is 32.2. The summed E-state index contributed by atoms with van der Waals surface area (Å²) >= 11 is 0.0458. The van der Waals surface area contributed by atoms with E-state index in [-0.39, 0.29) is 23.1 Å². The van der Waals surface area contributed by atoms with Gasteiger partial charge in [-0.05, 0) is 19.3 Å². The van der Waals surface area contributed by atoms with Gasteiger partial charge in [-0.3, -0.25) is 0 Å². The normalized spacial score (nSPS) is 22.3. The molecule has 84 valence electrons. The van der Waals surface area contributed by atoms with Crippen molar-refractivity contribution in [3.63, 3.8) is 0 Å². The molecule has 0 aromatic rings. The Morgan fingerprint density at radius 1 is 1.14 bits per heavy atom. The third-order valence-electron chi connectivity index (χ3n) is 2.72. The first-order valence-corrected chi connectivity index (χ1v) is 5.89. The minimum atomic E-state index is -4.11. The fraction of sp³-hybridized carbons (Fsp3) is 1.00. The third kappa shape index (κ3) is 4.55. The van der Waals surface area contributed by atoms with Crippen LogP contribution in [-0.4, -0.2) is 16.8 Å². The van der Waals surface area contributed by atoms with Crippen LogP contribution >= 0.6 is 11.8 Å². The fourth-order valence-corrected chi connectivity index (χ4v) is 2.62. The van der Waals surface area contributed by atoms with Gasteiger partial charge in [-0.2, -0.15) is 13.2 Å². The van der Waals surface area contributed by atoms with Crippen molar-refractivity contribution in [1.29, 1.82) is 0 Å². The van der Waals surface area contributed by atoms with Gasteiger partial charge in [-0.25, -0.2) is 0 Å². The molecule has 0 bridgehead atoms.